The first-order chi connectivity index (χ1) is 11.2. The lowest BCUT2D eigenvalue weighted by Crippen LogP contribution is -2.13. The predicted molar refractivity (Wildman–Crippen MR) is 103 cm³/mol. The molecule has 1 aromatic carbocycles. The van der Waals surface area contributed by atoms with Gasteiger partial charge in [-0.05, 0) is 71.1 Å². The van der Waals surface area contributed by atoms with Crippen molar-refractivity contribution in [2.75, 3.05) is 7.11 Å². The number of hydrogen-bond donors (Lipinski definition) is 0. The van der Waals surface area contributed by atoms with E-state index in [-0.39, 0.29) is 0 Å². The second-order valence-electron chi connectivity index (χ2n) is 7.17. The Bertz CT molecular complexity index is 449. The molecule has 1 aliphatic carbocycles. The molecule has 0 unspecified atom stereocenters. The molecule has 2 heteroatoms. The average Bonchev–Trinajstić information content (AvgIpc) is 2.58. The van der Waals surface area contributed by atoms with E-state index in [2.05, 4.69) is 41.1 Å². The molecule has 23 heavy (non-hydrogen) atoms. The summed E-state index contributed by atoms with van der Waals surface area (Å²) in [5.41, 5.74) is 1.48. The molecule has 0 atom stereocenters. The Morgan fingerprint density at radius 1 is 1.00 bits per heavy atom. The summed E-state index contributed by atoms with van der Waals surface area (Å²) in [5.74, 6) is 2.67. The highest BCUT2D eigenvalue weighted by Gasteiger charge is 2.22. The van der Waals surface area contributed by atoms with Crippen LogP contribution in [-0.4, -0.2) is 7.11 Å². The highest BCUT2D eigenvalue weighted by molar-refractivity contribution is 9.10. The van der Waals surface area contributed by atoms with Crippen LogP contribution in [0, 0.1) is 5.92 Å². The number of benzene rings is 1. The van der Waals surface area contributed by atoms with Crippen LogP contribution in [0.1, 0.15) is 89.0 Å². The maximum Gasteiger partial charge on any atom is 0.133 e. The van der Waals surface area contributed by atoms with Gasteiger partial charge in [-0.1, -0.05) is 57.9 Å². The lowest BCUT2D eigenvalue weighted by Gasteiger charge is -2.29. The van der Waals surface area contributed by atoms with E-state index in [1.807, 2.05) is 0 Å². The molecular weight excluding hydrogens is 348 g/mol. The van der Waals surface area contributed by atoms with Gasteiger partial charge in [0, 0.05) is 0 Å². The van der Waals surface area contributed by atoms with Gasteiger partial charge in [0.05, 0.1) is 11.6 Å². The Morgan fingerprint density at radius 3 is 2.35 bits per heavy atom. The van der Waals surface area contributed by atoms with Crippen molar-refractivity contribution in [2.24, 2.45) is 5.92 Å². The van der Waals surface area contributed by atoms with Crippen molar-refractivity contribution in [3.8, 4) is 5.75 Å². The van der Waals surface area contributed by atoms with Crippen LogP contribution in [0.2, 0.25) is 0 Å². The predicted octanol–water partition coefficient (Wildman–Crippen LogP) is 7.48. The third-order valence-corrected chi connectivity index (χ3v) is 6.08. The number of rotatable bonds is 9. The van der Waals surface area contributed by atoms with Crippen LogP contribution in [0.3, 0.4) is 0 Å². The molecule has 0 N–H and O–H groups in total. The zero-order valence-electron chi connectivity index (χ0n) is 15.0. The van der Waals surface area contributed by atoms with Crippen molar-refractivity contribution in [3.05, 3.63) is 28.2 Å². The summed E-state index contributed by atoms with van der Waals surface area (Å²) in [6, 6.07) is 6.61. The molecule has 1 aliphatic rings. The van der Waals surface area contributed by atoms with E-state index in [0.717, 1.165) is 22.1 Å². The van der Waals surface area contributed by atoms with Crippen LogP contribution in [-0.2, 0) is 0 Å². The van der Waals surface area contributed by atoms with Crippen LogP contribution in [0.5, 0.6) is 5.75 Å². The molecular formula is C21H33BrO. The molecule has 1 nitrogen and oxygen atoms in total. The summed E-state index contributed by atoms with van der Waals surface area (Å²) < 4.78 is 6.43. The number of halogens is 1. The van der Waals surface area contributed by atoms with E-state index in [9.17, 15) is 0 Å². The molecule has 0 heterocycles. The van der Waals surface area contributed by atoms with E-state index in [4.69, 9.17) is 4.74 Å². The quantitative estimate of drug-likeness (QED) is 0.403. The van der Waals surface area contributed by atoms with E-state index >= 15 is 0 Å². The highest BCUT2D eigenvalue weighted by Crippen LogP contribution is 2.39. The smallest absolute Gasteiger partial charge is 0.133 e. The number of methoxy groups -OCH3 is 1. The van der Waals surface area contributed by atoms with Gasteiger partial charge in [0.25, 0.3) is 0 Å². The Labute approximate surface area is 151 Å². The largest absolute Gasteiger partial charge is 0.496 e. The first kappa shape index (κ1) is 18.8. The zero-order chi connectivity index (χ0) is 16.5. The minimum absolute atomic E-state index is 0.748. The molecule has 0 saturated heterocycles. The fourth-order valence-electron chi connectivity index (χ4n) is 3.93. The van der Waals surface area contributed by atoms with E-state index in [0.29, 0.717) is 0 Å². The molecule has 1 saturated carbocycles. The molecule has 2 rings (SSSR count). The van der Waals surface area contributed by atoms with Crippen molar-refractivity contribution in [1.82, 2.24) is 0 Å². The van der Waals surface area contributed by atoms with Gasteiger partial charge in [0.2, 0.25) is 0 Å². The first-order valence-electron chi connectivity index (χ1n) is 9.58. The SMILES string of the molecule is CCCCCCCCC1CCC(c2ccc(OC)c(Br)c2)CC1. The molecule has 0 bridgehead atoms. The van der Waals surface area contributed by atoms with Crippen molar-refractivity contribution < 1.29 is 4.74 Å². The van der Waals surface area contributed by atoms with Crippen LogP contribution < -0.4 is 4.74 Å². The molecule has 0 amide bonds. The standard InChI is InChI=1S/C21H33BrO/c1-3-4-5-6-7-8-9-17-10-12-18(13-11-17)19-14-15-21(23-2)20(22)16-19/h14-18H,3-13H2,1-2H3. The molecule has 1 fully saturated rings. The Hall–Kier alpha value is -0.500. The summed E-state index contributed by atoms with van der Waals surface area (Å²) in [7, 11) is 1.73. The van der Waals surface area contributed by atoms with Gasteiger partial charge in [-0.2, -0.15) is 0 Å². The van der Waals surface area contributed by atoms with Gasteiger partial charge >= 0.3 is 0 Å². The van der Waals surface area contributed by atoms with Crippen LogP contribution in [0.4, 0.5) is 0 Å². The summed E-state index contributed by atoms with van der Waals surface area (Å²) in [6.45, 7) is 2.29. The topological polar surface area (TPSA) is 9.23 Å². The third-order valence-electron chi connectivity index (χ3n) is 5.46. The summed E-state index contributed by atoms with van der Waals surface area (Å²) >= 11 is 3.62. The fraction of sp³-hybridized carbons (Fsp3) is 0.714. The van der Waals surface area contributed by atoms with Crippen LogP contribution in [0.25, 0.3) is 0 Å². The van der Waals surface area contributed by atoms with E-state index in [1.165, 1.54) is 76.2 Å². The highest BCUT2D eigenvalue weighted by atomic mass is 79.9. The monoisotopic (exact) mass is 380 g/mol. The van der Waals surface area contributed by atoms with E-state index in [1.54, 1.807) is 7.11 Å². The number of hydrogen-bond acceptors (Lipinski definition) is 1. The van der Waals surface area contributed by atoms with Gasteiger partial charge < -0.3 is 4.74 Å². The second-order valence-corrected chi connectivity index (χ2v) is 8.02. The molecule has 0 spiro atoms. The molecule has 1 aromatic rings. The van der Waals surface area contributed by atoms with Crippen molar-refractivity contribution in [1.29, 1.82) is 0 Å². The summed E-state index contributed by atoms with van der Waals surface area (Å²) in [4.78, 5) is 0. The minimum atomic E-state index is 0.748. The van der Waals surface area contributed by atoms with Crippen molar-refractivity contribution in [2.45, 2.75) is 83.5 Å². The fourth-order valence-corrected chi connectivity index (χ4v) is 4.49. The summed E-state index contributed by atoms with van der Waals surface area (Å²) in [5, 5.41) is 0. The van der Waals surface area contributed by atoms with Gasteiger partial charge in [-0.25, -0.2) is 0 Å². The van der Waals surface area contributed by atoms with Gasteiger partial charge in [-0.15, -0.1) is 0 Å². The van der Waals surface area contributed by atoms with Gasteiger partial charge in [0.1, 0.15) is 5.75 Å². The zero-order valence-corrected chi connectivity index (χ0v) is 16.5. The lowest BCUT2D eigenvalue weighted by molar-refractivity contribution is 0.301. The Balaban J connectivity index is 1.68. The Kier molecular flexibility index (Phi) is 8.50. The van der Waals surface area contributed by atoms with Gasteiger partial charge in [-0.3, -0.25) is 0 Å². The van der Waals surface area contributed by atoms with Crippen molar-refractivity contribution in [3.63, 3.8) is 0 Å². The average molecular weight is 381 g/mol. The second kappa shape index (κ2) is 10.4. The molecule has 0 aromatic heterocycles. The number of ether oxygens (including phenoxy) is 1. The maximum atomic E-state index is 5.34. The van der Waals surface area contributed by atoms with Crippen LogP contribution >= 0.6 is 15.9 Å². The first-order valence-corrected chi connectivity index (χ1v) is 10.4. The maximum absolute atomic E-state index is 5.34. The lowest BCUT2D eigenvalue weighted by atomic mass is 9.77. The van der Waals surface area contributed by atoms with Crippen molar-refractivity contribution >= 4 is 15.9 Å². The molecule has 0 aliphatic heterocycles. The number of unbranched alkanes of at least 4 members (excludes halogenated alkanes) is 5. The third kappa shape index (κ3) is 6.14. The Morgan fingerprint density at radius 2 is 1.70 bits per heavy atom. The van der Waals surface area contributed by atoms with Gasteiger partial charge in [0.15, 0.2) is 0 Å². The summed E-state index contributed by atoms with van der Waals surface area (Å²) in [6.07, 6.45) is 15.6. The minimum Gasteiger partial charge on any atom is -0.496 e. The van der Waals surface area contributed by atoms with E-state index < -0.39 is 0 Å². The van der Waals surface area contributed by atoms with Crippen LogP contribution in [0.15, 0.2) is 22.7 Å². The normalized spacial score (nSPS) is 21.3. The molecule has 130 valence electrons. The molecule has 0 radical (unpaired) electrons.